The molecule has 8 aliphatic rings. The van der Waals surface area contributed by atoms with Crippen LogP contribution in [0.2, 0.25) is 0 Å². The number of hydrogen-bond donors (Lipinski definition) is 24. The summed E-state index contributed by atoms with van der Waals surface area (Å²) in [6.45, 7) is -1.46. The van der Waals surface area contributed by atoms with Crippen molar-refractivity contribution in [3.63, 3.8) is 0 Å². The van der Waals surface area contributed by atoms with Gasteiger partial charge in [0.25, 0.3) is 5.79 Å². The van der Waals surface area contributed by atoms with Crippen molar-refractivity contribution in [3.05, 3.63) is 0 Å². The normalized spacial score (nSPS) is 51.6. The third-order valence-corrected chi connectivity index (χ3v) is 19.1. The van der Waals surface area contributed by atoms with Crippen LogP contribution in [0.1, 0.15) is 34.1 Å². The first kappa shape index (κ1) is 78.7. The Labute approximate surface area is 541 Å². The second-order valence-corrected chi connectivity index (χ2v) is 25.4. The molecule has 0 spiro atoms. The third-order valence-electron chi connectivity index (χ3n) is 19.1. The molecule has 0 bridgehead atoms. The van der Waals surface area contributed by atoms with E-state index in [1.54, 1.807) is 13.8 Å². The highest BCUT2D eigenvalue weighted by Gasteiger charge is 2.60. The molecular formula is C55H95NO39. The zero-order valence-corrected chi connectivity index (χ0v) is 51.9. The Morgan fingerprint density at radius 2 is 0.832 bits per heavy atom. The fourth-order valence-corrected chi connectivity index (χ4v) is 12.7. The van der Waals surface area contributed by atoms with Crippen molar-refractivity contribution < 1.29 is 193 Å². The van der Waals surface area contributed by atoms with Crippen molar-refractivity contribution in [1.29, 1.82) is 0 Å². The van der Waals surface area contributed by atoms with Gasteiger partial charge in [0.2, 0.25) is 0 Å². The van der Waals surface area contributed by atoms with Gasteiger partial charge >= 0.3 is 5.97 Å². The highest BCUT2D eigenvalue weighted by atomic mass is 16.8. The summed E-state index contributed by atoms with van der Waals surface area (Å²) in [6, 6.07) is -1.54. The van der Waals surface area contributed by atoms with Crippen LogP contribution in [0.5, 0.6) is 0 Å². The maximum atomic E-state index is 12.7. The molecule has 0 saturated carbocycles. The number of carboxylic acids is 1. The molecule has 8 rings (SSSR count). The molecule has 40 heteroatoms. The SMILES string of the molecule is C[C@@H]1OC(CO)[C@@H](O[C@@H]2OC(CO)[C@@H](O[C@@H]3OC(CO[C@H]4OC(CO)[C@@H](O)C(O)[C@H]4O)[C@@H](O)C(O[C@H]4O[C@H](CO)[C@@H](O)C(O)C4O[C@@H]4OC(CO)[C@@H](O[C@@H]5OC(CO[C@]6(C(=O)O)C[C@@H](O)[C@@H](N)C(C(O)C(O)CO)O6)[C@H](O)C(O)[C@@H]5O)C(O)[C@@H]4C)[C@H]3O)C(O)[C@@H]2C)C(O)[C@@H]1C. The fourth-order valence-electron chi connectivity index (χ4n) is 12.7. The summed E-state index contributed by atoms with van der Waals surface area (Å²) in [6.07, 6.45) is -66.6. The van der Waals surface area contributed by atoms with Crippen molar-refractivity contribution >= 4 is 5.97 Å². The lowest BCUT2D eigenvalue weighted by Gasteiger charge is -2.51. The van der Waals surface area contributed by atoms with Crippen LogP contribution in [0, 0.1) is 17.8 Å². The van der Waals surface area contributed by atoms with Gasteiger partial charge in [-0.3, -0.25) is 0 Å². The van der Waals surface area contributed by atoms with Gasteiger partial charge in [-0.25, -0.2) is 4.79 Å². The van der Waals surface area contributed by atoms with E-state index in [9.17, 15) is 122 Å². The molecule has 95 heavy (non-hydrogen) atoms. The third kappa shape index (κ3) is 16.4. The first-order valence-electron chi connectivity index (χ1n) is 31.2. The molecule has 0 aromatic carbocycles. The summed E-state index contributed by atoms with van der Waals surface area (Å²) in [5, 5.41) is 250. The molecule has 25 N–H and O–H groups in total. The number of carbonyl (C=O) groups is 1. The van der Waals surface area contributed by atoms with Gasteiger partial charge in [-0.1, -0.05) is 20.8 Å². The molecule has 0 aromatic heterocycles. The van der Waals surface area contributed by atoms with Gasteiger partial charge < -0.3 is 194 Å². The van der Waals surface area contributed by atoms with E-state index in [1.165, 1.54) is 13.8 Å². The number of rotatable bonds is 25. The molecule has 8 heterocycles. The van der Waals surface area contributed by atoms with Crippen LogP contribution in [0.15, 0.2) is 0 Å². The second-order valence-electron chi connectivity index (χ2n) is 25.4. The van der Waals surface area contributed by atoms with E-state index in [1.807, 2.05) is 0 Å². The highest BCUT2D eigenvalue weighted by Crippen LogP contribution is 2.41. The topological polar surface area (TPSA) is 647 Å². The minimum atomic E-state index is -2.91. The second kappa shape index (κ2) is 33.4. The summed E-state index contributed by atoms with van der Waals surface area (Å²) in [5.74, 6) is -7.86. The van der Waals surface area contributed by atoms with Crippen LogP contribution in [0.25, 0.3) is 0 Å². The summed E-state index contributed by atoms with van der Waals surface area (Å²) >= 11 is 0. The number of aliphatic hydroxyl groups is 22. The number of hydrogen-bond acceptors (Lipinski definition) is 39. The average molecular weight is 1390 g/mol. The van der Waals surface area contributed by atoms with Crippen LogP contribution >= 0.6 is 0 Å². The van der Waals surface area contributed by atoms with Gasteiger partial charge in [0.05, 0.1) is 89.4 Å². The summed E-state index contributed by atoms with van der Waals surface area (Å²) in [4.78, 5) is 12.7. The minimum Gasteiger partial charge on any atom is -0.477 e. The zero-order valence-electron chi connectivity index (χ0n) is 51.9. The van der Waals surface area contributed by atoms with Crippen LogP contribution in [0.4, 0.5) is 0 Å². The molecule has 17 unspecified atom stereocenters. The van der Waals surface area contributed by atoms with Crippen molar-refractivity contribution in [1.82, 2.24) is 0 Å². The Bertz CT molecular complexity index is 2360. The monoisotopic (exact) mass is 1390 g/mol. The van der Waals surface area contributed by atoms with E-state index in [0.717, 1.165) is 0 Å². The lowest BCUT2D eigenvalue weighted by Crippen LogP contribution is -2.68. The molecule has 8 aliphatic heterocycles. The fraction of sp³-hybridized carbons (Fsp3) is 0.982. The highest BCUT2D eigenvalue weighted by molar-refractivity contribution is 5.76. The molecule has 554 valence electrons. The number of aliphatic hydroxyl groups excluding tert-OH is 22. The maximum Gasteiger partial charge on any atom is 0.364 e. The van der Waals surface area contributed by atoms with Gasteiger partial charge in [0.1, 0.15) is 153 Å². The molecule has 0 aromatic rings. The van der Waals surface area contributed by atoms with Gasteiger partial charge in [-0.2, -0.15) is 0 Å². The maximum absolute atomic E-state index is 12.7. The molecule has 0 radical (unpaired) electrons. The first-order chi connectivity index (χ1) is 44.8. The van der Waals surface area contributed by atoms with Crippen LogP contribution in [0.3, 0.4) is 0 Å². The lowest BCUT2D eigenvalue weighted by atomic mass is 9.88. The van der Waals surface area contributed by atoms with E-state index in [4.69, 9.17) is 76.8 Å². The number of nitrogens with two attached hydrogens (primary N) is 1. The van der Waals surface area contributed by atoms with E-state index in [2.05, 4.69) is 0 Å². The molecule has 40 nitrogen and oxygen atoms in total. The van der Waals surface area contributed by atoms with E-state index in [-0.39, 0.29) is 0 Å². The Kier molecular flexibility index (Phi) is 27.6. The Hall–Kier alpha value is -2.05. The Balaban J connectivity index is 1.01. The van der Waals surface area contributed by atoms with Crippen molar-refractivity contribution in [3.8, 4) is 0 Å². The van der Waals surface area contributed by atoms with Crippen LogP contribution < -0.4 is 5.73 Å². The number of aliphatic carboxylic acids is 1. The molecule has 8 fully saturated rings. The van der Waals surface area contributed by atoms with Crippen molar-refractivity contribution in [2.24, 2.45) is 23.5 Å². The molecular weight excluding hydrogens is 1300 g/mol. The predicted octanol–water partition coefficient (Wildman–Crippen LogP) is -14.4. The molecule has 0 amide bonds. The lowest BCUT2D eigenvalue weighted by molar-refractivity contribution is -0.401. The van der Waals surface area contributed by atoms with Crippen LogP contribution in [-0.2, 0) is 75.8 Å². The molecule has 8 saturated heterocycles. The summed E-state index contributed by atoms with van der Waals surface area (Å²) < 4.78 is 88.2. The first-order valence-corrected chi connectivity index (χ1v) is 31.2. The summed E-state index contributed by atoms with van der Waals surface area (Å²) in [5.41, 5.74) is 5.93. The molecule has 41 atom stereocenters. The van der Waals surface area contributed by atoms with E-state index in [0.29, 0.717) is 0 Å². The zero-order chi connectivity index (χ0) is 70.1. The van der Waals surface area contributed by atoms with Gasteiger partial charge in [-0.05, 0) is 6.92 Å². The van der Waals surface area contributed by atoms with Gasteiger partial charge in [0, 0.05) is 24.2 Å². The average Bonchev–Trinajstić information content (AvgIpc) is 0.786. The Morgan fingerprint density at radius 3 is 1.34 bits per heavy atom. The van der Waals surface area contributed by atoms with E-state index >= 15 is 0 Å². The predicted molar refractivity (Wildman–Crippen MR) is 297 cm³/mol. The van der Waals surface area contributed by atoms with Gasteiger partial charge in [0.15, 0.2) is 37.7 Å². The number of ether oxygens (including phenoxy) is 15. The largest absolute Gasteiger partial charge is 0.477 e. The standard InChI is InChI=1S/C55H95NO39/c1-14-17(4)83-22(9-60)42(28(14)65)90-48-15(2)29(66)44(24(11-62)86-48)92-52-41(78)46(35(72)25(88-52)12-81-50-39(76)36(73)32(69)20(7-58)84-50)93-53-47(38(75)33(70)21(8-59)85-53)94-49-16(3)30(67)43(23(10-61)87-49)91-51-40(77)37(74)34(71)26(89-51)13-82-55(54(79)80)5-18(63)27(56)45(95-55)31(68)19(64)6-57/h14-53,57-78H,5-13,56H2,1-4H3,(H,79,80)/t14-,15+,16+,17+,18-,19?,20?,21-,22?,23?,24?,25?,26?,27-,28?,29?,30?,31?,32-,33-,34+,35-,36?,37?,38?,39-,40+,41-,42-,43-,44-,45?,46?,47?,48+,49+,50+,51+,52+,53-,55-/m1/s1. The van der Waals surface area contributed by atoms with E-state index < -0.39 is 316 Å². The smallest absolute Gasteiger partial charge is 0.364 e. The van der Waals surface area contributed by atoms with Crippen molar-refractivity contribution in [2.45, 2.75) is 267 Å². The van der Waals surface area contributed by atoms with Crippen molar-refractivity contribution in [2.75, 3.05) is 52.9 Å². The molecule has 0 aliphatic carbocycles. The quantitative estimate of drug-likeness (QED) is 0.0404. The Morgan fingerprint density at radius 1 is 0.432 bits per heavy atom. The summed E-state index contributed by atoms with van der Waals surface area (Å²) in [7, 11) is 0. The van der Waals surface area contributed by atoms with Gasteiger partial charge in [-0.15, -0.1) is 0 Å². The number of carboxylic acid groups (broad SMARTS) is 1. The minimum absolute atomic E-state index is 0.503. The van der Waals surface area contributed by atoms with Crippen LogP contribution in [-0.4, -0.2) is 409 Å².